The van der Waals surface area contributed by atoms with Gasteiger partial charge in [0.1, 0.15) is 0 Å². The second-order valence-corrected chi connectivity index (χ2v) is 10.1. The van der Waals surface area contributed by atoms with Crippen LogP contribution >= 0.6 is 0 Å². The molecule has 3 heteroatoms. The lowest BCUT2D eigenvalue weighted by atomic mass is 10.1. The van der Waals surface area contributed by atoms with Crippen LogP contribution in [0, 0.1) is 11.8 Å². The molecule has 23 heavy (non-hydrogen) atoms. The Labute approximate surface area is 147 Å². The van der Waals surface area contributed by atoms with Crippen molar-refractivity contribution < 1.29 is 8.85 Å². The topological polar surface area (TPSA) is 18.5 Å². The van der Waals surface area contributed by atoms with E-state index in [-0.39, 0.29) is 0 Å². The second kappa shape index (κ2) is 16.6. The fourth-order valence-electron chi connectivity index (χ4n) is 2.60. The smallest absolute Gasteiger partial charge is 0.337 e. The van der Waals surface area contributed by atoms with Crippen LogP contribution in [-0.2, 0) is 8.85 Å². The molecule has 136 valence electrons. The minimum absolute atomic E-state index is 0.880. The summed E-state index contributed by atoms with van der Waals surface area (Å²) in [6.07, 6.45) is 12.1. The number of unbranched alkanes of at least 4 members (excludes halogenated alkanes) is 7. The van der Waals surface area contributed by atoms with Gasteiger partial charge < -0.3 is 8.85 Å². The molecule has 0 unspecified atom stereocenters. The van der Waals surface area contributed by atoms with Crippen LogP contribution < -0.4 is 0 Å². The van der Waals surface area contributed by atoms with E-state index in [0.29, 0.717) is 0 Å². The van der Waals surface area contributed by atoms with E-state index in [4.69, 9.17) is 8.85 Å². The van der Waals surface area contributed by atoms with Gasteiger partial charge in [-0.2, -0.15) is 0 Å². The van der Waals surface area contributed by atoms with Crippen molar-refractivity contribution in [3.8, 4) is 11.8 Å². The molecule has 0 fully saturated rings. The molecular weight excluding hydrogens is 300 g/mol. The first-order chi connectivity index (χ1) is 11.2. The molecule has 0 radical (unpaired) electrons. The van der Waals surface area contributed by atoms with Gasteiger partial charge in [0.15, 0.2) is 0 Å². The molecule has 0 aliphatic carbocycles. The standard InChI is InChI=1S/C20H40O2Si/c1-5-9-11-12-13-14-15-16-17-18-20-22-23(7-3,8-4)21-19-10-6-2/h5-8,10,12-20H2,1-4H3. The molecule has 0 aromatic heterocycles. The van der Waals surface area contributed by atoms with Crippen molar-refractivity contribution in [2.45, 2.75) is 104 Å². The minimum atomic E-state index is -1.89. The highest BCUT2D eigenvalue weighted by atomic mass is 28.4. The van der Waals surface area contributed by atoms with E-state index >= 15 is 0 Å². The Balaban J connectivity index is 3.62. The van der Waals surface area contributed by atoms with Crippen LogP contribution in [0.4, 0.5) is 0 Å². The first kappa shape index (κ1) is 22.7. The van der Waals surface area contributed by atoms with Crippen molar-refractivity contribution in [2.75, 3.05) is 13.2 Å². The molecule has 2 nitrogen and oxygen atoms in total. The molecular formula is C20H40O2Si. The third-order valence-electron chi connectivity index (χ3n) is 4.30. The zero-order valence-electron chi connectivity index (χ0n) is 16.2. The molecule has 0 saturated heterocycles. The van der Waals surface area contributed by atoms with Gasteiger partial charge in [0.2, 0.25) is 0 Å². The quantitative estimate of drug-likeness (QED) is 0.194. The first-order valence-corrected chi connectivity index (χ1v) is 12.2. The molecule has 0 amide bonds. The number of hydrogen-bond donors (Lipinski definition) is 0. The fourth-order valence-corrected chi connectivity index (χ4v) is 5.03. The Morgan fingerprint density at radius 2 is 1.22 bits per heavy atom. The zero-order valence-corrected chi connectivity index (χ0v) is 17.2. The summed E-state index contributed by atoms with van der Waals surface area (Å²) in [5, 5.41) is 0. The van der Waals surface area contributed by atoms with E-state index in [9.17, 15) is 0 Å². The predicted octanol–water partition coefficient (Wildman–Crippen LogP) is 6.45. The van der Waals surface area contributed by atoms with Gasteiger partial charge in [0.25, 0.3) is 0 Å². The molecule has 0 aromatic carbocycles. The van der Waals surface area contributed by atoms with E-state index in [1.165, 1.54) is 44.9 Å². The molecule has 0 N–H and O–H groups in total. The molecule has 0 bridgehead atoms. The Hall–Kier alpha value is -0.303. The monoisotopic (exact) mass is 340 g/mol. The molecule has 0 rings (SSSR count). The molecule has 0 aromatic rings. The SMILES string of the molecule is CCC#CCCCCCCCCO[Si](CC)(CC)OCCCC. The van der Waals surface area contributed by atoms with Crippen molar-refractivity contribution in [1.82, 2.24) is 0 Å². The first-order valence-electron chi connectivity index (χ1n) is 9.98. The fraction of sp³-hybridized carbons (Fsp3) is 0.900. The average molecular weight is 341 g/mol. The molecule has 0 saturated carbocycles. The van der Waals surface area contributed by atoms with Gasteiger partial charge >= 0.3 is 8.56 Å². The molecule has 0 aliphatic rings. The lowest BCUT2D eigenvalue weighted by Crippen LogP contribution is -2.41. The Morgan fingerprint density at radius 1 is 0.652 bits per heavy atom. The maximum absolute atomic E-state index is 6.25. The van der Waals surface area contributed by atoms with Gasteiger partial charge in [-0.1, -0.05) is 59.8 Å². The van der Waals surface area contributed by atoms with E-state index in [2.05, 4.69) is 39.5 Å². The van der Waals surface area contributed by atoms with Crippen LogP contribution in [0.1, 0.15) is 91.9 Å². The summed E-state index contributed by atoms with van der Waals surface area (Å²) in [6, 6.07) is 2.15. The molecule has 0 heterocycles. The molecule has 0 atom stereocenters. The highest BCUT2D eigenvalue weighted by Gasteiger charge is 2.33. The van der Waals surface area contributed by atoms with Crippen LogP contribution in [-0.4, -0.2) is 21.8 Å². The highest BCUT2D eigenvalue weighted by molar-refractivity contribution is 6.67. The third kappa shape index (κ3) is 12.7. The summed E-state index contributed by atoms with van der Waals surface area (Å²) in [6.45, 7) is 10.5. The van der Waals surface area contributed by atoms with Gasteiger partial charge in [-0.05, 0) is 31.4 Å². The Kier molecular flexibility index (Phi) is 16.3. The van der Waals surface area contributed by atoms with Gasteiger partial charge in [-0.3, -0.25) is 0 Å². The second-order valence-electron chi connectivity index (χ2n) is 6.25. The summed E-state index contributed by atoms with van der Waals surface area (Å²) in [5.41, 5.74) is 0. The van der Waals surface area contributed by atoms with Crippen molar-refractivity contribution >= 4 is 8.56 Å². The van der Waals surface area contributed by atoms with Crippen molar-refractivity contribution in [3.05, 3.63) is 0 Å². The van der Waals surface area contributed by atoms with Gasteiger partial charge in [-0.15, -0.1) is 11.8 Å². The summed E-state index contributed by atoms with van der Waals surface area (Å²) in [5.74, 6) is 6.35. The summed E-state index contributed by atoms with van der Waals surface area (Å²) in [4.78, 5) is 0. The van der Waals surface area contributed by atoms with Gasteiger partial charge in [0.05, 0.1) is 0 Å². The largest absolute Gasteiger partial charge is 0.394 e. The summed E-state index contributed by atoms with van der Waals surface area (Å²) < 4.78 is 12.4. The van der Waals surface area contributed by atoms with Crippen LogP contribution in [0.3, 0.4) is 0 Å². The third-order valence-corrected chi connectivity index (χ3v) is 7.92. The van der Waals surface area contributed by atoms with E-state index in [1.807, 2.05) is 0 Å². The Bertz CT molecular complexity index is 302. The molecule has 0 aliphatic heterocycles. The number of hydrogen-bond acceptors (Lipinski definition) is 2. The van der Waals surface area contributed by atoms with Gasteiger partial charge in [0, 0.05) is 26.1 Å². The maximum Gasteiger partial charge on any atom is 0.337 e. The van der Waals surface area contributed by atoms with E-state index < -0.39 is 8.56 Å². The highest BCUT2D eigenvalue weighted by Crippen LogP contribution is 2.20. The van der Waals surface area contributed by atoms with Crippen LogP contribution in [0.15, 0.2) is 0 Å². The van der Waals surface area contributed by atoms with Crippen molar-refractivity contribution in [2.24, 2.45) is 0 Å². The van der Waals surface area contributed by atoms with E-state index in [1.54, 1.807) is 0 Å². The number of rotatable bonds is 15. The van der Waals surface area contributed by atoms with Crippen molar-refractivity contribution in [3.63, 3.8) is 0 Å². The normalized spacial score (nSPS) is 11.3. The minimum Gasteiger partial charge on any atom is -0.394 e. The van der Waals surface area contributed by atoms with Crippen molar-refractivity contribution in [1.29, 1.82) is 0 Å². The van der Waals surface area contributed by atoms with Gasteiger partial charge in [-0.25, -0.2) is 0 Å². The lowest BCUT2D eigenvalue weighted by molar-refractivity contribution is 0.164. The summed E-state index contributed by atoms with van der Waals surface area (Å²) in [7, 11) is -1.89. The van der Waals surface area contributed by atoms with Crippen LogP contribution in [0.5, 0.6) is 0 Å². The van der Waals surface area contributed by atoms with E-state index in [0.717, 1.165) is 44.6 Å². The lowest BCUT2D eigenvalue weighted by Gasteiger charge is -2.28. The average Bonchev–Trinajstić information content (AvgIpc) is 2.58. The Morgan fingerprint density at radius 3 is 1.78 bits per heavy atom. The predicted molar refractivity (Wildman–Crippen MR) is 104 cm³/mol. The van der Waals surface area contributed by atoms with Crippen LogP contribution in [0.2, 0.25) is 12.1 Å². The van der Waals surface area contributed by atoms with Crippen LogP contribution in [0.25, 0.3) is 0 Å². The maximum atomic E-state index is 6.25. The molecule has 0 spiro atoms. The summed E-state index contributed by atoms with van der Waals surface area (Å²) >= 11 is 0. The zero-order chi connectivity index (χ0) is 17.2.